The number of fused-ring (bicyclic) bond motifs is 1. The van der Waals surface area contributed by atoms with Crippen molar-refractivity contribution < 1.29 is 9.59 Å². The quantitative estimate of drug-likeness (QED) is 0.557. The van der Waals surface area contributed by atoms with Crippen molar-refractivity contribution in [1.82, 2.24) is 4.90 Å². The number of hydrogen-bond acceptors (Lipinski definition) is 3. The van der Waals surface area contributed by atoms with Gasteiger partial charge < -0.3 is 5.73 Å². The molecule has 1 aliphatic heterocycles. The zero-order valence-corrected chi connectivity index (χ0v) is 9.65. The summed E-state index contributed by atoms with van der Waals surface area (Å²) in [5.74, 6) is 0.199. The van der Waals surface area contributed by atoms with Gasteiger partial charge in [0.2, 0.25) is 11.8 Å². The number of imide groups is 1. The molecule has 0 aromatic rings. The van der Waals surface area contributed by atoms with Crippen molar-refractivity contribution in [2.75, 3.05) is 13.1 Å². The van der Waals surface area contributed by atoms with E-state index in [4.69, 9.17) is 5.73 Å². The summed E-state index contributed by atoms with van der Waals surface area (Å²) in [6.45, 7) is 1.29. The van der Waals surface area contributed by atoms with Gasteiger partial charge in [-0.2, -0.15) is 0 Å². The standard InChI is InChI=1S/C12H20N2O2/c13-7-2-1-3-8-14-11(15)9-5-4-6-10(9)12(14)16/h9-10H,1-8,13H2. The van der Waals surface area contributed by atoms with Gasteiger partial charge >= 0.3 is 0 Å². The molecular weight excluding hydrogens is 204 g/mol. The predicted molar refractivity (Wildman–Crippen MR) is 60.5 cm³/mol. The van der Waals surface area contributed by atoms with Gasteiger partial charge in [0.05, 0.1) is 11.8 Å². The first-order chi connectivity index (χ1) is 7.75. The molecular formula is C12H20N2O2. The Hall–Kier alpha value is -0.900. The fourth-order valence-electron chi connectivity index (χ4n) is 2.87. The van der Waals surface area contributed by atoms with E-state index in [1.54, 1.807) is 0 Å². The topological polar surface area (TPSA) is 63.4 Å². The molecule has 4 nitrogen and oxygen atoms in total. The van der Waals surface area contributed by atoms with Gasteiger partial charge in [-0.15, -0.1) is 0 Å². The van der Waals surface area contributed by atoms with E-state index in [0.29, 0.717) is 13.1 Å². The first-order valence-electron chi connectivity index (χ1n) is 6.31. The van der Waals surface area contributed by atoms with Crippen molar-refractivity contribution in [1.29, 1.82) is 0 Å². The average molecular weight is 224 g/mol. The lowest BCUT2D eigenvalue weighted by Gasteiger charge is -2.15. The van der Waals surface area contributed by atoms with Crippen LogP contribution in [0, 0.1) is 11.8 Å². The number of hydrogen-bond donors (Lipinski definition) is 1. The van der Waals surface area contributed by atoms with Crippen LogP contribution in [0.4, 0.5) is 0 Å². The molecule has 0 aromatic carbocycles. The molecule has 1 saturated heterocycles. The number of likely N-dealkylation sites (tertiary alicyclic amines) is 1. The Morgan fingerprint density at radius 2 is 1.69 bits per heavy atom. The zero-order chi connectivity index (χ0) is 11.5. The van der Waals surface area contributed by atoms with Gasteiger partial charge in [-0.3, -0.25) is 14.5 Å². The smallest absolute Gasteiger partial charge is 0.233 e. The van der Waals surface area contributed by atoms with E-state index < -0.39 is 0 Å². The minimum absolute atomic E-state index is 0.0157. The SMILES string of the molecule is NCCCCCN1C(=O)C2CCCC2C1=O. The van der Waals surface area contributed by atoms with Crippen LogP contribution in [0.5, 0.6) is 0 Å². The number of nitrogens with zero attached hydrogens (tertiary/aromatic N) is 1. The molecule has 2 atom stereocenters. The first kappa shape index (κ1) is 11.6. The van der Waals surface area contributed by atoms with E-state index in [9.17, 15) is 9.59 Å². The summed E-state index contributed by atoms with van der Waals surface area (Å²) >= 11 is 0. The van der Waals surface area contributed by atoms with E-state index in [-0.39, 0.29) is 23.7 Å². The highest BCUT2D eigenvalue weighted by atomic mass is 16.2. The Kier molecular flexibility index (Phi) is 3.59. The Morgan fingerprint density at radius 1 is 1.06 bits per heavy atom. The molecule has 2 amide bonds. The van der Waals surface area contributed by atoms with Crippen molar-refractivity contribution in [3.8, 4) is 0 Å². The molecule has 2 aliphatic rings. The van der Waals surface area contributed by atoms with Gasteiger partial charge in [-0.25, -0.2) is 0 Å². The number of unbranched alkanes of at least 4 members (excludes halogenated alkanes) is 2. The summed E-state index contributed by atoms with van der Waals surface area (Å²) in [5, 5.41) is 0. The van der Waals surface area contributed by atoms with Crippen molar-refractivity contribution in [3.63, 3.8) is 0 Å². The molecule has 90 valence electrons. The van der Waals surface area contributed by atoms with Crippen LogP contribution in [-0.4, -0.2) is 29.8 Å². The van der Waals surface area contributed by atoms with E-state index in [1.165, 1.54) is 4.90 Å². The molecule has 2 N–H and O–H groups in total. The Labute approximate surface area is 96.2 Å². The van der Waals surface area contributed by atoms with E-state index in [2.05, 4.69) is 0 Å². The molecule has 1 aliphatic carbocycles. The number of carbonyl (C=O) groups excluding carboxylic acids is 2. The number of nitrogens with two attached hydrogens (primary N) is 1. The monoisotopic (exact) mass is 224 g/mol. The molecule has 0 radical (unpaired) electrons. The maximum absolute atomic E-state index is 11.9. The van der Waals surface area contributed by atoms with Crippen LogP contribution < -0.4 is 5.73 Å². The van der Waals surface area contributed by atoms with Crippen LogP contribution in [0.1, 0.15) is 38.5 Å². The molecule has 0 bridgehead atoms. The second kappa shape index (κ2) is 4.95. The second-order valence-corrected chi connectivity index (χ2v) is 4.82. The first-order valence-corrected chi connectivity index (χ1v) is 6.31. The molecule has 2 fully saturated rings. The van der Waals surface area contributed by atoms with Gasteiger partial charge in [0, 0.05) is 6.54 Å². The zero-order valence-electron chi connectivity index (χ0n) is 9.65. The van der Waals surface area contributed by atoms with Gasteiger partial charge in [0.15, 0.2) is 0 Å². The van der Waals surface area contributed by atoms with Gasteiger partial charge in [-0.05, 0) is 32.2 Å². The maximum atomic E-state index is 11.9. The summed E-state index contributed by atoms with van der Waals surface area (Å²) in [4.78, 5) is 25.4. The van der Waals surface area contributed by atoms with Crippen molar-refractivity contribution in [2.24, 2.45) is 17.6 Å². The van der Waals surface area contributed by atoms with Gasteiger partial charge in [-0.1, -0.05) is 12.8 Å². The summed E-state index contributed by atoms with van der Waals surface area (Å²) in [6, 6.07) is 0. The minimum Gasteiger partial charge on any atom is -0.330 e. The number of rotatable bonds is 5. The Morgan fingerprint density at radius 3 is 2.25 bits per heavy atom. The molecule has 1 saturated carbocycles. The molecule has 2 rings (SSSR count). The third-order valence-electron chi connectivity index (χ3n) is 3.77. The molecule has 4 heteroatoms. The molecule has 1 heterocycles. The molecule has 0 spiro atoms. The highest BCUT2D eigenvalue weighted by molar-refractivity contribution is 6.05. The van der Waals surface area contributed by atoms with Crippen LogP contribution in [0.2, 0.25) is 0 Å². The lowest BCUT2D eigenvalue weighted by Crippen LogP contribution is -2.32. The third kappa shape index (κ3) is 1.98. The minimum atomic E-state index is 0.0157. The second-order valence-electron chi connectivity index (χ2n) is 4.82. The van der Waals surface area contributed by atoms with Crippen LogP contribution in [0.3, 0.4) is 0 Å². The number of carbonyl (C=O) groups is 2. The van der Waals surface area contributed by atoms with E-state index in [0.717, 1.165) is 38.5 Å². The summed E-state index contributed by atoms with van der Waals surface area (Å²) in [5.41, 5.74) is 5.40. The highest BCUT2D eigenvalue weighted by Crippen LogP contribution is 2.39. The largest absolute Gasteiger partial charge is 0.330 e. The van der Waals surface area contributed by atoms with E-state index in [1.807, 2.05) is 0 Å². The fraction of sp³-hybridized carbons (Fsp3) is 0.833. The third-order valence-corrected chi connectivity index (χ3v) is 3.77. The van der Waals surface area contributed by atoms with Crippen LogP contribution in [-0.2, 0) is 9.59 Å². The van der Waals surface area contributed by atoms with Crippen LogP contribution in [0.25, 0.3) is 0 Å². The predicted octanol–water partition coefficient (Wildman–Crippen LogP) is 0.900. The fourth-order valence-corrected chi connectivity index (χ4v) is 2.87. The maximum Gasteiger partial charge on any atom is 0.233 e. The molecule has 16 heavy (non-hydrogen) atoms. The molecule has 2 unspecified atom stereocenters. The summed E-state index contributed by atoms with van der Waals surface area (Å²) in [6.07, 6.45) is 5.73. The average Bonchev–Trinajstić information content (AvgIpc) is 2.83. The highest BCUT2D eigenvalue weighted by Gasteiger charge is 2.49. The normalized spacial score (nSPS) is 28.9. The Balaban J connectivity index is 1.86. The Bertz CT molecular complexity index is 269. The lowest BCUT2D eigenvalue weighted by molar-refractivity contribution is -0.140. The number of amides is 2. The van der Waals surface area contributed by atoms with Crippen LogP contribution in [0.15, 0.2) is 0 Å². The van der Waals surface area contributed by atoms with Crippen molar-refractivity contribution >= 4 is 11.8 Å². The summed E-state index contributed by atoms with van der Waals surface area (Å²) < 4.78 is 0. The van der Waals surface area contributed by atoms with Gasteiger partial charge in [0.1, 0.15) is 0 Å². The summed E-state index contributed by atoms with van der Waals surface area (Å²) in [7, 11) is 0. The van der Waals surface area contributed by atoms with Gasteiger partial charge in [0.25, 0.3) is 0 Å². The van der Waals surface area contributed by atoms with Crippen molar-refractivity contribution in [3.05, 3.63) is 0 Å². The van der Waals surface area contributed by atoms with Crippen LogP contribution >= 0.6 is 0 Å². The molecule has 0 aromatic heterocycles. The van der Waals surface area contributed by atoms with Crippen molar-refractivity contribution in [2.45, 2.75) is 38.5 Å². The lowest BCUT2D eigenvalue weighted by atomic mass is 10.00. The van der Waals surface area contributed by atoms with E-state index >= 15 is 0 Å².